The van der Waals surface area contributed by atoms with E-state index in [1.807, 2.05) is 17.0 Å². The molecule has 0 saturated carbocycles. The molecule has 0 aliphatic carbocycles. The molecular weight excluding hydrogens is 320 g/mol. The molecule has 8 nitrogen and oxygen atoms in total. The first-order chi connectivity index (χ1) is 12.2. The molecule has 2 aromatic rings. The minimum atomic E-state index is -0.0545. The van der Waals surface area contributed by atoms with E-state index in [0.717, 1.165) is 18.8 Å². The quantitative estimate of drug-likeness (QED) is 0.705. The highest BCUT2D eigenvalue weighted by Gasteiger charge is 2.20. The third-order valence-corrected chi connectivity index (χ3v) is 4.03. The average molecular weight is 342 g/mol. The fraction of sp³-hybridized carbons (Fsp3) is 0.353. The maximum atomic E-state index is 12.2. The van der Waals surface area contributed by atoms with Crippen LogP contribution in [0.4, 0.5) is 16.4 Å². The van der Waals surface area contributed by atoms with Gasteiger partial charge in [-0.25, -0.2) is 14.8 Å². The van der Waals surface area contributed by atoms with Crippen molar-refractivity contribution in [3.05, 3.63) is 42.7 Å². The summed E-state index contributed by atoms with van der Waals surface area (Å²) in [4.78, 5) is 24.3. The molecule has 0 bridgehead atoms. The fourth-order valence-corrected chi connectivity index (χ4v) is 2.68. The Balaban J connectivity index is 1.37. The fourth-order valence-electron chi connectivity index (χ4n) is 2.68. The van der Waals surface area contributed by atoms with E-state index in [1.165, 1.54) is 0 Å². The van der Waals surface area contributed by atoms with Gasteiger partial charge >= 0.3 is 6.03 Å². The van der Waals surface area contributed by atoms with E-state index in [-0.39, 0.29) is 11.8 Å². The average Bonchev–Trinajstić information content (AvgIpc) is 2.67. The lowest BCUT2D eigenvalue weighted by molar-refractivity contribution is 0.195. The highest BCUT2D eigenvalue weighted by molar-refractivity contribution is 5.74. The van der Waals surface area contributed by atoms with Gasteiger partial charge in [0, 0.05) is 57.3 Å². The molecule has 1 aliphatic rings. The van der Waals surface area contributed by atoms with E-state index in [0.29, 0.717) is 32.1 Å². The highest BCUT2D eigenvalue weighted by Crippen LogP contribution is 2.19. The van der Waals surface area contributed by atoms with Crippen molar-refractivity contribution < 1.29 is 9.90 Å². The van der Waals surface area contributed by atoms with Crippen LogP contribution in [0, 0.1) is 0 Å². The zero-order valence-electron chi connectivity index (χ0n) is 13.9. The molecule has 0 spiro atoms. The number of phenols is 1. The number of carbonyl (C=O) groups excluding carboxylic acids is 1. The van der Waals surface area contributed by atoms with Crippen molar-refractivity contribution in [1.29, 1.82) is 0 Å². The van der Waals surface area contributed by atoms with E-state index in [1.54, 1.807) is 30.6 Å². The largest absolute Gasteiger partial charge is 0.508 e. The molecular formula is C17H22N6O2. The van der Waals surface area contributed by atoms with Gasteiger partial charge < -0.3 is 25.5 Å². The lowest BCUT2D eigenvalue weighted by Gasteiger charge is -2.36. The van der Waals surface area contributed by atoms with Crippen molar-refractivity contribution in [2.24, 2.45) is 0 Å². The Hall–Kier alpha value is -3.03. The number of urea groups is 1. The number of nitrogens with one attached hydrogen (secondary N) is 2. The van der Waals surface area contributed by atoms with Crippen LogP contribution < -0.4 is 15.5 Å². The third kappa shape index (κ3) is 4.72. The van der Waals surface area contributed by atoms with Crippen molar-refractivity contribution in [2.75, 3.05) is 49.5 Å². The van der Waals surface area contributed by atoms with Gasteiger partial charge in [0.1, 0.15) is 5.75 Å². The molecule has 0 unspecified atom stereocenters. The number of anilines is 2. The summed E-state index contributed by atoms with van der Waals surface area (Å²) in [5, 5.41) is 15.3. The number of hydrogen-bond donors (Lipinski definition) is 3. The number of aromatic hydroxyl groups is 1. The van der Waals surface area contributed by atoms with Gasteiger partial charge in [0.15, 0.2) is 0 Å². The van der Waals surface area contributed by atoms with Crippen molar-refractivity contribution in [3.63, 3.8) is 0 Å². The maximum absolute atomic E-state index is 12.2. The Kier molecular flexibility index (Phi) is 5.50. The molecule has 1 fully saturated rings. The molecule has 132 valence electrons. The van der Waals surface area contributed by atoms with Gasteiger partial charge in [0.2, 0.25) is 5.95 Å². The lowest BCUT2D eigenvalue weighted by atomic mass is 10.2. The van der Waals surface area contributed by atoms with Gasteiger partial charge in [-0.05, 0) is 30.3 Å². The van der Waals surface area contributed by atoms with E-state index >= 15 is 0 Å². The standard InChI is InChI=1S/C17H22N6O2/c24-15-4-2-14(3-5-15)22-10-12-23(13-11-22)17(25)21-9-8-20-16-18-6-1-7-19-16/h1-7,24H,8-13H2,(H,21,25)(H,18,19,20). The van der Waals surface area contributed by atoms with Crippen molar-refractivity contribution in [1.82, 2.24) is 20.2 Å². The van der Waals surface area contributed by atoms with Crippen LogP contribution in [-0.2, 0) is 0 Å². The summed E-state index contributed by atoms with van der Waals surface area (Å²) < 4.78 is 0. The zero-order chi connectivity index (χ0) is 17.5. The zero-order valence-corrected chi connectivity index (χ0v) is 13.9. The predicted octanol–water partition coefficient (Wildman–Crippen LogP) is 1.13. The normalized spacial score (nSPS) is 14.2. The number of rotatable bonds is 5. The topological polar surface area (TPSA) is 93.6 Å². The number of piperazine rings is 1. The minimum absolute atomic E-state index is 0.0545. The molecule has 0 radical (unpaired) electrons. The van der Waals surface area contributed by atoms with Crippen LogP contribution >= 0.6 is 0 Å². The molecule has 25 heavy (non-hydrogen) atoms. The summed E-state index contributed by atoms with van der Waals surface area (Å²) >= 11 is 0. The molecule has 3 N–H and O–H groups in total. The molecule has 2 heterocycles. The second-order valence-electron chi connectivity index (χ2n) is 5.72. The summed E-state index contributed by atoms with van der Waals surface area (Å²) in [6.07, 6.45) is 3.34. The second-order valence-corrected chi connectivity index (χ2v) is 5.72. The van der Waals surface area contributed by atoms with Crippen LogP contribution in [0.1, 0.15) is 0 Å². The molecule has 1 saturated heterocycles. The third-order valence-electron chi connectivity index (χ3n) is 4.03. The summed E-state index contributed by atoms with van der Waals surface area (Å²) in [6.45, 7) is 3.96. The van der Waals surface area contributed by atoms with Gasteiger partial charge in [-0.3, -0.25) is 0 Å². The smallest absolute Gasteiger partial charge is 0.317 e. The van der Waals surface area contributed by atoms with E-state index in [9.17, 15) is 9.90 Å². The molecule has 8 heteroatoms. The summed E-state index contributed by atoms with van der Waals surface area (Å²) in [7, 11) is 0. The van der Waals surface area contributed by atoms with Crippen molar-refractivity contribution >= 4 is 17.7 Å². The monoisotopic (exact) mass is 342 g/mol. The number of nitrogens with zero attached hydrogens (tertiary/aromatic N) is 4. The van der Waals surface area contributed by atoms with E-state index < -0.39 is 0 Å². The summed E-state index contributed by atoms with van der Waals surface area (Å²) in [5.41, 5.74) is 1.06. The summed E-state index contributed by atoms with van der Waals surface area (Å²) in [5.74, 6) is 0.815. The summed E-state index contributed by atoms with van der Waals surface area (Å²) in [6, 6.07) is 8.84. The Morgan fingerprint density at radius 1 is 1.04 bits per heavy atom. The van der Waals surface area contributed by atoms with Gasteiger partial charge in [-0.15, -0.1) is 0 Å². The Bertz CT molecular complexity index is 671. The number of aromatic nitrogens is 2. The first kappa shape index (κ1) is 16.8. The number of phenolic OH excluding ortho intramolecular Hbond substituents is 1. The van der Waals surface area contributed by atoms with Gasteiger partial charge in [-0.1, -0.05) is 0 Å². The molecule has 0 atom stereocenters. The molecule has 1 aromatic carbocycles. The van der Waals surface area contributed by atoms with Crippen molar-refractivity contribution in [3.8, 4) is 5.75 Å². The first-order valence-electron chi connectivity index (χ1n) is 8.30. The van der Waals surface area contributed by atoms with E-state index in [2.05, 4.69) is 25.5 Å². The first-order valence-corrected chi connectivity index (χ1v) is 8.30. The van der Waals surface area contributed by atoms with Crippen LogP contribution in [0.25, 0.3) is 0 Å². The molecule has 3 rings (SSSR count). The van der Waals surface area contributed by atoms with Gasteiger partial charge in [0.05, 0.1) is 0 Å². The van der Waals surface area contributed by atoms with Gasteiger partial charge in [-0.2, -0.15) is 0 Å². The van der Waals surface area contributed by atoms with Crippen LogP contribution in [0.3, 0.4) is 0 Å². The number of amides is 2. The Labute approximate surface area is 146 Å². The highest BCUT2D eigenvalue weighted by atomic mass is 16.3. The molecule has 1 aromatic heterocycles. The Morgan fingerprint density at radius 2 is 1.72 bits per heavy atom. The second kappa shape index (κ2) is 8.18. The van der Waals surface area contributed by atoms with E-state index in [4.69, 9.17) is 0 Å². The maximum Gasteiger partial charge on any atom is 0.317 e. The van der Waals surface area contributed by atoms with Gasteiger partial charge in [0.25, 0.3) is 0 Å². The SMILES string of the molecule is O=C(NCCNc1ncccn1)N1CCN(c2ccc(O)cc2)CC1. The lowest BCUT2D eigenvalue weighted by Crippen LogP contribution is -2.52. The minimum Gasteiger partial charge on any atom is -0.508 e. The van der Waals surface area contributed by atoms with Crippen molar-refractivity contribution in [2.45, 2.75) is 0 Å². The number of carbonyl (C=O) groups is 1. The number of benzene rings is 1. The van der Waals surface area contributed by atoms with Crippen LogP contribution in [0.5, 0.6) is 5.75 Å². The number of hydrogen-bond acceptors (Lipinski definition) is 6. The molecule has 1 aliphatic heterocycles. The van der Waals surface area contributed by atoms with Crippen LogP contribution in [0.2, 0.25) is 0 Å². The van der Waals surface area contributed by atoms with Crippen LogP contribution in [-0.4, -0.2) is 65.3 Å². The van der Waals surface area contributed by atoms with Crippen LogP contribution in [0.15, 0.2) is 42.7 Å². The Morgan fingerprint density at radius 3 is 2.40 bits per heavy atom. The molecule has 2 amide bonds. The predicted molar refractivity (Wildman–Crippen MR) is 95.8 cm³/mol.